The summed E-state index contributed by atoms with van der Waals surface area (Å²) < 4.78 is 10.8. The van der Waals surface area contributed by atoms with Crippen LogP contribution in [0.5, 0.6) is 11.5 Å². The molecule has 2 heteroatoms. The highest BCUT2D eigenvalue weighted by atomic mass is 16.5. The van der Waals surface area contributed by atoms with Gasteiger partial charge in [-0.05, 0) is 18.6 Å². The van der Waals surface area contributed by atoms with E-state index in [0.29, 0.717) is 6.61 Å². The first kappa shape index (κ1) is 10.6. The molecule has 1 rings (SSSR count). The fourth-order valence-electron chi connectivity index (χ4n) is 1.03. The monoisotopic (exact) mass is 192 g/mol. The number of benzene rings is 1. The second-order valence-electron chi connectivity index (χ2n) is 2.92. The van der Waals surface area contributed by atoms with Gasteiger partial charge >= 0.3 is 0 Å². The lowest BCUT2D eigenvalue weighted by Crippen LogP contribution is -1.96. The summed E-state index contributed by atoms with van der Waals surface area (Å²) in [6.45, 7) is 6.94. The molecule has 0 fully saturated rings. The van der Waals surface area contributed by atoms with Crippen molar-refractivity contribution in [3.63, 3.8) is 0 Å². The Hall–Kier alpha value is -1.44. The van der Waals surface area contributed by atoms with E-state index in [-0.39, 0.29) is 0 Å². The summed E-state index contributed by atoms with van der Waals surface area (Å²) in [5.41, 5.74) is 0. The van der Waals surface area contributed by atoms with Gasteiger partial charge in [0.1, 0.15) is 18.1 Å². The zero-order valence-electron chi connectivity index (χ0n) is 8.53. The van der Waals surface area contributed by atoms with E-state index in [0.717, 1.165) is 24.5 Å². The van der Waals surface area contributed by atoms with Gasteiger partial charge in [0.15, 0.2) is 0 Å². The summed E-state index contributed by atoms with van der Waals surface area (Å²) in [5.74, 6) is 1.67. The van der Waals surface area contributed by atoms with Gasteiger partial charge in [0.05, 0.1) is 6.61 Å². The molecule has 0 aliphatic heterocycles. The maximum atomic E-state index is 5.47. The van der Waals surface area contributed by atoms with Crippen LogP contribution in [0.25, 0.3) is 0 Å². The van der Waals surface area contributed by atoms with Gasteiger partial charge < -0.3 is 9.47 Å². The van der Waals surface area contributed by atoms with E-state index in [9.17, 15) is 0 Å². The van der Waals surface area contributed by atoms with Gasteiger partial charge in [0.2, 0.25) is 0 Å². The van der Waals surface area contributed by atoms with Crippen molar-refractivity contribution in [2.45, 2.75) is 13.3 Å². The highest BCUT2D eigenvalue weighted by Crippen LogP contribution is 2.19. The van der Waals surface area contributed by atoms with Gasteiger partial charge in [-0.3, -0.25) is 0 Å². The van der Waals surface area contributed by atoms with Crippen LogP contribution >= 0.6 is 0 Å². The fourth-order valence-corrected chi connectivity index (χ4v) is 1.03. The topological polar surface area (TPSA) is 18.5 Å². The molecule has 0 bridgehead atoms. The van der Waals surface area contributed by atoms with Crippen molar-refractivity contribution in [1.29, 1.82) is 0 Å². The summed E-state index contributed by atoms with van der Waals surface area (Å²) in [6, 6.07) is 7.64. The van der Waals surface area contributed by atoms with E-state index in [1.807, 2.05) is 24.3 Å². The summed E-state index contributed by atoms with van der Waals surface area (Å²) in [4.78, 5) is 0. The second kappa shape index (κ2) is 6.08. The van der Waals surface area contributed by atoms with Crippen LogP contribution in [-0.2, 0) is 0 Å². The first-order valence-corrected chi connectivity index (χ1v) is 4.83. The van der Waals surface area contributed by atoms with Crippen molar-refractivity contribution in [2.24, 2.45) is 0 Å². The predicted molar refractivity (Wildman–Crippen MR) is 57.9 cm³/mol. The molecule has 14 heavy (non-hydrogen) atoms. The number of ether oxygens (including phenoxy) is 2. The lowest BCUT2D eigenvalue weighted by molar-refractivity contribution is 0.312. The molecular formula is C12H16O2. The van der Waals surface area contributed by atoms with Crippen LogP contribution in [0.1, 0.15) is 13.3 Å². The maximum Gasteiger partial charge on any atom is 0.123 e. The Morgan fingerprint density at radius 2 is 2.00 bits per heavy atom. The Kier molecular flexibility index (Phi) is 4.62. The molecule has 0 aliphatic carbocycles. The van der Waals surface area contributed by atoms with Gasteiger partial charge in [0.25, 0.3) is 0 Å². The normalized spacial score (nSPS) is 9.50. The molecule has 0 saturated carbocycles. The van der Waals surface area contributed by atoms with Crippen molar-refractivity contribution in [2.75, 3.05) is 13.2 Å². The maximum absolute atomic E-state index is 5.47. The van der Waals surface area contributed by atoms with Crippen molar-refractivity contribution >= 4 is 0 Å². The molecule has 0 heterocycles. The van der Waals surface area contributed by atoms with Gasteiger partial charge in [0, 0.05) is 6.07 Å². The molecule has 0 aliphatic rings. The average molecular weight is 192 g/mol. The third-order valence-electron chi connectivity index (χ3n) is 1.65. The molecule has 0 N–H and O–H groups in total. The third kappa shape index (κ3) is 3.52. The molecule has 0 radical (unpaired) electrons. The molecule has 0 saturated heterocycles. The van der Waals surface area contributed by atoms with Crippen LogP contribution in [0.2, 0.25) is 0 Å². The van der Waals surface area contributed by atoms with E-state index in [4.69, 9.17) is 9.47 Å². The molecule has 1 aromatic rings. The number of hydrogen-bond acceptors (Lipinski definition) is 2. The molecule has 2 nitrogen and oxygen atoms in total. The molecule has 0 spiro atoms. The number of hydrogen-bond donors (Lipinski definition) is 0. The van der Waals surface area contributed by atoms with E-state index in [2.05, 4.69) is 13.5 Å². The number of rotatable bonds is 6. The van der Waals surface area contributed by atoms with Gasteiger partial charge in [-0.2, -0.15) is 0 Å². The van der Waals surface area contributed by atoms with Gasteiger partial charge in [-0.1, -0.05) is 25.6 Å². The van der Waals surface area contributed by atoms with Crippen LogP contribution in [0, 0.1) is 0 Å². The molecule has 76 valence electrons. The highest BCUT2D eigenvalue weighted by molar-refractivity contribution is 5.32. The summed E-state index contributed by atoms with van der Waals surface area (Å²) in [7, 11) is 0. The fraction of sp³-hybridized carbons (Fsp3) is 0.333. The van der Waals surface area contributed by atoms with Crippen molar-refractivity contribution in [3.05, 3.63) is 36.9 Å². The van der Waals surface area contributed by atoms with Crippen LogP contribution in [-0.4, -0.2) is 13.2 Å². The zero-order chi connectivity index (χ0) is 10.2. The minimum absolute atomic E-state index is 0.525. The lowest BCUT2D eigenvalue weighted by Gasteiger charge is -2.07. The molecule has 0 aromatic heterocycles. The molecule has 0 unspecified atom stereocenters. The highest BCUT2D eigenvalue weighted by Gasteiger charge is 1.95. The van der Waals surface area contributed by atoms with Gasteiger partial charge in [-0.15, -0.1) is 0 Å². The zero-order valence-corrected chi connectivity index (χ0v) is 8.53. The van der Waals surface area contributed by atoms with E-state index in [1.165, 1.54) is 0 Å². The van der Waals surface area contributed by atoms with Gasteiger partial charge in [-0.25, -0.2) is 0 Å². The van der Waals surface area contributed by atoms with E-state index in [1.54, 1.807) is 6.08 Å². The first-order valence-electron chi connectivity index (χ1n) is 4.83. The molecule has 0 atom stereocenters. The smallest absolute Gasteiger partial charge is 0.123 e. The summed E-state index contributed by atoms with van der Waals surface area (Å²) >= 11 is 0. The van der Waals surface area contributed by atoms with Crippen molar-refractivity contribution < 1.29 is 9.47 Å². The minimum Gasteiger partial charge on any atom is -0.493 e. The quantitative estimate of drug-likeness (QED) is 0.645. The van der Waals surface area contributed by atoms with Crippen LogP contribution < -0.4 is 9.47 Å². The largest absolute Gasteiger partial charge is 0.493 e. The summed E-state index contributed by atoms with van der Waals surface area (Å²) in [5, 5.41) is 0. The summed E-state index contributed by atoms with van der Waals surface area (Å²) in [6.07, 6.45) is 2.73. The lowest BCUT2D eigenvalue weighted by atomic mass is 10.3. The minimum atomic E-state index is 0.525. The Morgan fingerprint density at radius 3 is 2.64 bits per heavy atom. The third-order valence-corrected chi connectivity index (χ3v) is 1.65. The average Bonchev–Trinajstić information content (AvgIpc) is 2.24. The Labute approximate surface area is 85.2 Å². The molecule has 1 aromatic carbocycles. The first-order chi connectivity index (χ1) is 6.86. The van der Waals surface area contributed by atoms with Crippen molar-refractivity contribution in [3.8, 4) is 11.5 Å². The molecule has 0 amide bonds. The van der Waals surface area contributed by atoms with Crippen LogP contribution in [0.15, 0.2) is 36.9 Å². The standard InChI is InChI=1S/C12H16O2/c1-3-8-13-11-6-5-7-12(10-11)14-9-4-2/h3,5-7,10H,1,4,8-9H2,2H3. The Morgan fingerprint density at radius 1 is 1.29 bits per heavy atom. The van der Waals surface area contributed by atoms with Crippen LogP contribution in [0.4, 0.5) is 0 Å². The second-order valence-corrected chi connectivity index (χ2v) is 2.92. The Bertz CT molecular complexity index is 281. The Balaban J connectivity index is 2.54. The van der Waals surface area contributed by atoms with E-state index >= 15 is 0 Å². The van der Waals surface area contributed by atoms with E-state index < -0.39 is 0 Å². The SMILES string of the molecule is C=CCOc1cccc(OCCC)c1. The van der Waals surface area contributed by atoms with Crippen molar-refractivity contribution in [1.82, 2.24) is 0 Å². The predicted octanol–water partition coefficient (Wildman–Crippen LogP) is 3.04. The van der Waals surface area contributed by atoms with Crippen LogP contribution in [0.3, 0.4) is 0 Å². The molecular weight excluding hydrogens is 176 g/mol.